The summed E-state index contributed by atoms with van der Waals surface area (Å²) >= 11 is 0. The fourth-order valence-electron chi connectivity index (χ4n) is 1.86. The monoisotopic (exact) mass is 279 g/mol. The summed E-state index contributed by atoms with van der Waals surface area (Å²) in [6, 6.07) is 0.571. The molecule has 0 aromatic heterocycles. The standard InChI is InChI=1S/C15H33NO.ClH/c1-4-5-6-7-8-9-10-11-13-17-14-12-16-15(2)3;/h15-16H,4-14H2,1-3H3;1H. The number of ether oxygens (including phenoxy) is 1. The Morgan fingerprint density at radius 2 is 1.39 bits per heavy atom. The zero-order valence-corrected chi connectivity index (χ0v) is 13.5. The van der Waals surface area contributed by atoms with Crippen LogP contribution < -0.4 is 5.32 Å². The second-order valence-corrected chi connectivity index (χ2v) is 5.20. The van der Waals surface area contributed by atoms with E-state index >= 15 is 0 Å². The van der Waals surface area contributed by atoms with E-state index in [4.69, 9.17) is 4.74 Å². The molecular weight excluding hydrogens is 246 g/mol. The van der Waals surface area contributed by atoms with Gasteiger partial charge in [0.2, 0.25) is 0 Å². The maximum absolute atomic E-state index is 5.57. The van der Waals surface area contributed by atoms with Crippen molar-refractivity contribution in [3.05, 3.63) is 0 Å². The van der Waals surface area contributed by atoms with Gasteiger partial charge >= 0.3 is 0 Å². The molecule has 0 radical (unpaired) electrons. The molecule has 2 nitrogen and oxygen atoms in total. The van der Waals surface area contributed by atoms with Crippen molar-refractivity contribution >= 4 is 12.4 Å². The zero-order chi connectivity index (χ0) is 12.8. The molecule has 0 aliphatic heterocycles. The predicted octanol–water partition coefficient (Wildman–Crippen LogP) is 4.56. The first-order valence-electron chi connectivity index (χ1n) is 7.58. The lowest BCUT2D eigenvalue weighted by Crippen LogP contribution is -2.26. The van der Waals surface area contributed by atoms with Gasteiger partial charge in [-0.2, -0.15) is 0 Å². The Kier molecular flexibility index (Phi) is 19.6. The molecule has 0 aliphatic rings. The van der Waals surface area contributed by atoms with Crippen molar-refractivity contribution in [1.29, 1.82) is 0 Å². The van der Waals surface area contributed by atoms with Gasteiger partial charge in [-0.3, -0.25) is 0 Å². The average Bonchev–Trinajstić information content (AvgIpc) is 2.30. The maximum Gasteiger partial charge on any atom is 0.0590 e. The van der Waals surface area contributed by atoms with Crippen molar-refractivity contribution < 1.29 is 4.74 Å². The first kappa shape index (κ1) is 20.5. The summed E-state index contributed by atoms with van der Waals surface area (Å²) in [4.78, 5) is 0. The Labute approximate surface area is 121 Å². The third-order valence-corrected chi connectivity index (χ3v) is 2.94. The van der Waals surface area contributed by atoms with Gasteiger partial charge in [0.05, 0.1) is 6.61 Å². The topological polar surface area (TPSA) is 21.3 Å². The SMILES string of the molecule is CCCCCCCCCCOCCNC(C)C.Cl. The number of hydrogen-bond donors (Lipinski definition) is 1. The molecule has 0 amide bonds. The highest BCUT2D eigenvalue weighted by Crippen LogP contribution is 2.08. The van der Waals surface area contributed by atoms with Crippen LogP contribution in [0, 0.1) is 0 Å². The van der Waals surface area contributed by atoms with Crippen LogP contribution in [-0.2, 0) is 4.74 Å². The molecule has 18 heavy (non-hydrogen) atoms. The van der Waals surface area contributed by atoms with E-state index in [9.17, 15) is 0 Å². The van der Waals surface area contributed by atoms with E-state index in [1.165, 1.54) is 51.4 Å². The van der Waals surface area contributed by atoms with Gasteiger partial charge in [0.15, 0.2) is 0 Å². The van der Waals surface area contributed by atoms with Crippen LogP contribution in [-0.4, -0.2) is 25.8 Å². The normalized spacial score (nSPS) is 10.7. The van der Waals surface area contributed by atoms with E-state index in [-0.39, 0.29) is 12.4 Å². The van der Waals surface area contributed by atoms with Crippen LogP contribution in [0.5, 0.6) is 0 Å². The largest absolute Gasteiger partial charge is 0.380 e. The van der Waals surface area contributed by atoms with Crippen molar-refractivity contribution in [3.8, 4) is 0 Å². The molecule has 0 bridgehead atoms. The van der Waals surface area contributed by atoms with Crippen molar-refractivity contribution in [1.82, 2.24) is 5.32 Å². The highest BCUT2D eigenvalue weighted by atomic mass is 35.5. The number of unbranched alkanes of at least 4 members (excludes halogenated alkanes) is 7. The van der Waals surface area contributed by atoms with E-state index in [2.05, 4.69) is 26.1 Å². The van der Waals surface area contributed by atoms with Crippen LogP contribution in [0.3, 0.4) is 0 Å². The van der Waals surface area contributed by atoms with Gasteiger partial charge in [0.1, 0.15) is 0 Å². The molecule has 0 aromatic rings. The van der Waals surface area contributed by atoms with Gasteiger partial charge < -0.3 is 10.1 Å². The third-order valence-electron chi connectivity index (χ3n) is 2.94. The fraction of sp³-hybridized carbons (Fsp3) is 1.00. The van der Waals surface area contributed by atoms with E-state index in [0.717, 1.165) is 19.8 Å². The van der Waals surface area contributed by atoms with E-state index in [0.29, 0.717) is 6.04 Å². The Bertz CT molecular complexity index is 142. The Morgan fingerprint density at radius 1 is 0.833 bits per heavy atom. The van der Waals surface area contributed by atoms with Crippen molar-refractivity contribution in [3.63, 3.8) is 0 Å². The lowest BCUT2D eigenvalue weighted by atomic mass is 10.1. The summed E-state index contributed by atoms with van der Waals surface area (Å²) in [5.41, 5.74) is 0. The number of rotatable bonds is 13. The summed E-state index contributed by atoms with van der Waals surface area (Å²) in [7, 11) is 0. The molecule has 0 fully saturated rings. The zero-order valence-electron chi connectivity index (χ0n) is 12.7. The Hall–Kier alpha value is 0.210. The van der Waals surface area contributed by atoms with Gasteiger partial charge in [-0.15, -0.1) is 12.4 Å². The lowest BCUT2D eigenvalue weighted by molar-refractivity contribution is 0.130. The van der Waals surface area contributed by atoms with E-state index in [1.54, 1.807) is 0 Å². The molecule has 0 heterocycles. The molecule has 0 saturated carbocycles. The van der Waals surface area contributed by atoms with Crippen LogP contribution in [0.15, 0.2) is 0 Å². The van der Waals surface area contributed by atoms with Gasteiger partial charge in [0.25, 0.3) is 0 Å². The summed E-state index contributed by atoms with van der Waals surface area (Å²) in [6.07, 6.45) is 11.0. The molecule has 0 saturated heterocycles. The Balaban J connectivity index is 0. The second kappa shape index (κ2) is 17.2. The Morgan fingerprint density at radius 3 is 1.94 bits per heavy atom. The highest BCUT2D eigenvalue weighted by Gasteiger charge is 1.93. The smallest absolute Gasteiger partial charge is 0.0590 e. The summed E-state index contributed by atoms with van der Waals surface area (Å²) in [5, 5.41) is 3.35. The second-order valence-electron chi connectivity index (χ2n) is 5.20. The van der Waals surface area contributed by atoms with E-state index < -0.39 is 0 Å². The maximum atomic E-state index is 5.57. The summed E-state index contributed by atoms with van der Waals surface area (Å²) < 4.78 is 5.57. The fourth-order valence-corrected chi connectivity index (χ4v) is 1.86. The highest BCUT2D eigenvalue weighted by molar-refractivity contribution is 5.85. The van der Waals surface area contributed by atoms with Crippen molar-refractivity contribution in [2.24, 2.45) is 0 Å². The predicted molar refractivity (Wildman–Crippen MR) is 83.8 cm³/mol. The summed E-state index contributed by atoms with van der Waals surface area (Å²) in [6.45, 7) is 9.38. The third kappa shape index (κ3) is 18.6. The molecule has 1 N–H and O–H groups in total. The molecule has 0 unspecified atom stereocenters. The van der Waals surface area contributed by atoms with Gasteiger partial charge in [-0.25, -0.2) is 0 Å². The molecule has 3 heteroatoms. The molecule has 0 aliphatic carbocycles. The van der Waals surface area contributed by atoms with Gasteiger partial charge in [0, 0.05) is 19.2 Å². The number of halogens is 1. The molecule has 112 valence electrons. The van der Waals surface area contributed by atoms with Crippen LogP contribution in [0.1, 0.15) is 72.1 Å². The van der Waals surface area contributed by atoms with Gasteiger partial charge in [-0.1, -0.05) is 65.7 Å². The molecular formula is C15H34ClNO. The molecule has 0 spiro atoms. The molecule has 0 rings (SSSR count). The first-order valence-corrected chi connectivity index (χ1v) is 7.58. The number of nitrogens with one attached hydrogen (secondary N) is 1. The minimum atomic E-state index is 0. The van der Waals surface area contributed by atoms with Crippen molar-refractivity contribution in [2.45, 2.75) is 78.2 Å². The quantitative estimate of drug-likeness (QED) is 0.499. The van der Waals surface area contributed by atoms with Crippen molar-refractivity contribution in [2.75, 3.05) is 19.8 Å². The average molecular weight is 280 g/mol. The minimum absolute atomic E-state index is 0. The molecule has 0 aromatic carbocycles. The van der Waals surface area contributed by atoms with Crippen LogP contribution in [0.25, 0.3) is 0 Å². The number of hydrogen-bond acceptors (Lipinski definition) is 2. The lowest BCUT2D eigenvalue weighted by Gasteiger charge is -2.08. The van der Waals surface area contributed by atoms with Crippen LogP contribution in [0.2, 0.25) is 0 Å². The van der Waals surface area contributed by atoms with E-state index in [1.807, 2.05) is 0 Å². The van der Waals surface area contributed by atoms with Crippen LogP contribution in [0.4, 0.5) is 0 Å². The minimum Gasteiger partial charge on any atom is -0.380 e. The first-order chi connectivity index (χ1) is 8.27. The van der Waals surface area contributed by atoms with Gasteiger partial charge in [-0.05, 0) is 6.42 Å². The summed E-state index contributed by atoms with van der Waals surface area (Å²) in [5.74, 6) is 0. The molecule has 0 atom stereocenters. The van der Waals surface area contributed by atoms with Crippen LogP contribution >= 0.6 is 12.4 Å².